The molecule has 5 rings (SSSR count). The van der Waals surface area contributed by atoms with E-state index in [1.807, 2.05) is 18.2 Å². The van der Waals surface area contributed by atoms with Gasteiger partial charge in [0.15, 0.2) is 0 Å². The molecular weight excluding hydrogens is 576 g/mol. The Bertz CT molecular complexity index is 1670. The minimum absolute atomic E-state index is 0.0131. The zero-order valence-electron chi connectivity index (χ0n) is 23.2. The summed E-state index contributed by atoms with van der Waals surface area (Å²) >= 11 is 1.23. The minimum atomic E-state index is -3.35. The summed E-state index contributed by atoms with van der Waals surface area (Å²) in [6.07, 6.45) is 3.52. The largest absolute Gasteiger partial charge is 0.326 e. The summed E-state index contributed by atoms with van der Waals surface area (Å²) in [6.45, 7) is 1.20. The summed E-state index contributed by atoms with van der Waals surface area (Å²) in [5.41, 5.74) is 6.28. The van der Waals surface area contributed by atoms with Crippen molar-refractivity contribution in [3.05, 3.63) is 99.1 Å². The molecule has 3 aromatic carbocycles. The van der Waals surface area contributed by atoms with Crippen molar-refractivity contribution in [3.8, 4) is 0 Å². The van der Waals surface area contributed by atoms with Gasteiger partial charge in [-0.25, -0.2) is 13.4 Å². The highest BCUT2D eigenvalue weighted by molar-refractivity contribution is 8.14. The zero-order valence-corrected chi connectivity index (χ0v) is 24.8. The van der Waals surface area contributed by atoms with Crippen molar-refractivity contribution >= 4 is 55.6 Å². The maximum atomic E-state index is 11.9. The first-order valence-corrected chi connectivity index (χ1v) is 16.2. The van der Waals surface area contributed by atoms with E-state index in [-0.39, 0.29) is 10.9 Å². The van der Waals surface area contributed by atoms with E-state index in [9.17, 15) is 23.3 Å². The van der Waals surface area contributed by atoms with Crippen LogP contribution in [0.25, 0.3) is 0 Å². The number of fused-ring (bicyclic) bond motifs is 1. The van der Waals surface area contributed by atoms with Crippen molar-refractivity contribution in [1.82, 2.24) is 5.01 Å². The SMILES string of the molecule is CN1N=C(c2ccc3c(c2)CCCN3/C(=N\CCc2ccc(NS(C)(=O)=O)cc2)c2ccc([N+](=O)[O-])cc2)CSC1=O. The third-order valence-electron chi connectivity index (χ3n) is 6.91. The number of amidine groups is 1. The molecule has 0 aromatic heterocycles. The monoisotopic (exact) mass is 606 g/mol. The topological polar surface area (TPSA) is 138 Å². The highest BCUT2D eigenvalue weighted by Crippen LogP contribution is 2.31. The molecule has 218 valence electrons. The average molecular weight is 607 g/mol. The van der Waals surface area contributed by atoms with E-state index in [0.717, 1.165) is 65.1 Å². The van der Waals surface area contributed by atoms with E-state index in [1.54, 1.807) is 31.3 Å². The smallest absolute Gasteiger partial charge is 0.301 e. The molecule has 0 spiro atoms. The molecule has 0 unspecified atom stereocenters. The Morgan fingerprint density at radius 3 is 2.52 bits per heavy atom. The standard InChI is InChI=1S/C29H30N6O5S2/c1-33-29(36)41-19-26(31-33)22-9-14-27-23(18-22)4-3-17-34(27)28(21-7-12-25(13-8-21)35(37)38)30-16-15-20-5-10-24(11-6-20)32-42(2,39)40/h5-14,18,32H,3-4,15-17,19H2,1-2H3/b30-28-. The van der Waals surface area contributed by atoms with Crippen LogP contribution < -0.4 is 9.62 Å². The Balaban J connectivity index is 1.43. The van der Waals surface area contributed by atoms with Gasteiger partial charge in [-0.05, 0) is 72.4 Å². The number of aryl methyl sites for hydroxylation is 1. The Kier molecular flexibility index (Phi) is 8.59. The fraction of sp³-hybridized carbons (Fsp3) is 0.276. The van der Waals surface area contributed by atoms with E-state index >= 15 is 0 Å². The van der Waals surface area contributed by atoms with Crippen molar-refractivity contribution in [1.29, 1.82) is 0 Å². The van der Waals surface area contributed by atoms with Crippen LogP contribution in [-0.2, 0) is 22.9 Å². The number of nitro groups is 1. The van der Waals surface area contributed by atoms with Gasteiger partial charge >= 0.3 is 5.24 Å². The van der Waals surface area contributed by atoms with E-state index in [4.69, 9.17) is 4.99 Å². The summed E-state index contributed by atoms with van der Waals surface area (Å²) in [7, 11) is -1.70. The van der Waals surface area contributed by atoms with Crippen LogP contribution in [0, 0.1) is 10.1 Å². The van der Waals surface area contributed by atoms with Crippen LogP contribution in [0.5, 0.6) is 0 Å². The third-order valence-corrected chi connectivity index (χ3v) is 8.45. The molecule has 0 aliphatic carbocycles. The highest BCUT2D eigenvalue weighted by Gasteiger charge is 2.25. The second-order valence-corrected chi connectivity index (χ2v) is 12.7. The number of carbonyl (C=O) groups excluding carboxylic acids is 1. The fourth-order valence-corrected chi connectivity index (χ4v) is 6.20. The Labute approximate surface area is 248 Å². The predicted molar refractivity (Wildman–Crippen MR) is 167 cm³/mol. The molecular formula is C29H30N6O5S2. The molecule has 1 amide bonds. The maximum absolute atomic E-state index is 11.9. The van der Waals surface area contributed by atoms with E-state index in [2.05, 4.69) is 26.9 Å². The van der Waals surface area contributed by atoms with Crippen molar-refractivity contribution in [3.63, 3.8) is 0 Å². The van der Waals surface area contributed by atoms with Gasteiger partial charge in [-0.15, -0.1) is 0 Å². The lowest BCUT2D eigenvalue weighted by atomic mass is 9.97. The lowest BCUT2D eigenvalue weighted by Gasteiger charge is -2.33. The molecule has 0 saturated heterocycles. The summed E-state index contributed by atoms with van der Waals surface area (Å²) < 4.78 is 25.5. The van der Waals surface area contributed by atoms with Gasteiger partial charge in [0.1, 0.15) is 5.84 Å². The maximum Gasteiger partial charge on any atom is 0.301 e. The molecule has 0 atom stereocenters. The van der Waals surface area contributed by atoms with Gasteiger partial charge in [0.05, 0.1) is 16.9 Å². The van der Waals surface area contributed by atoms with Gasteiger partial charge < -0.3 is 4.90 Å². The fourth-order valence-electron chi connectivity index (χ4n) is 4.92. The minimum Gasteiger partial charge on any atom is -0.326 e. The van der Waals surface area contributed by atoms with Crippen molar-refractivity contribution in [2.24, 2.45) is 10.1 Å². The summed E-state index contributed by atoms with van der Waals surface area (Å²) in [5.74, 6) is 1.25. The molecule has 2 aliphatic rings. The molecule has 1 N–H and O–H groups in total. The Morgan fingerprint density at radius 2 is 1.86 bits per heavy atom. The number of nitrogens with one attached hydrogen (secondary N) is 1. The number of hydrogen-bond donors (Lipinski definition) is 1. The molecule has 0 saturated carbocycles. The second kappa shape index (κ2) is 12.3. The summed E-state index contributed by atoms with van der Waals surface area (Å²) in [5, 5.41) is 17.0. The van der Waals surface area contributed by atoms with Crippen LogP contribution in [0.2, 0.25) is 0 Å². The van der Waals surface area contributed by atoms with Crippen LogP contribution in [0.15, 0.2) is 76.8 Å². The number of thioether (sulfide) groups is 1. The van der Waals surface area contributed by atoms with Crippen molar-refractivity contribution in [2.45, 2.75) is 19.3 Å². The van der Waals surface area contributed by atoms with Crippen LogP contribution in [0.4, 0.5) is 21.9 Å². The van der Waals surface area contributed by atoms with Gasteiger partial charge in [-0.2, -0.15) is 5.10 Å². The first kappa shape index (κ1) is 29.3. The van der Waals surface area contributed by atoms with E-state index < -0.39 is 14.9 Å². The number of anilines is 2. The molecule has 2 aliphatic heterocycles. The number of rotatable bonds is 8. The van der Waals surface area contributed by atoms with E-state index in [0.29, 0.717) is 24.4 Å². The number of benzene rings is 3. The van der Waals surface area contributed by atoms with Crippen molar-refractivity contribution in [2.75, 3.05) is 41.8 Å². The summed E-state index contributed by atoms with van der Waals surface area (Å²) in [4.78, 5) is 29.9. The van der Waals surface area contributed by atoms with Gasteiger partial charge in [0, 0.05) is 55.0 Å². The number of nitrogens with zero attached hydrogens (tertiary/aromatic N) is 5. The summed E-state index contributed by atoms with van der Waals surface area (Å²) in [6, 6.07) is 19.8. The molecule has 0 bridgehead atoms. The van der Waals surface area contributed by atoms with Crippen LogP contribution in [0.3, 0.4) is 0 Å². The molecule has 3 aromatic rings. The average Bonchev–Trinajstić information content (AvgIpc) is 2.96. The Hall–Kier alpha value is -4.23. The molecule has 13 heteroatoms. The number of nitro benzene ring substituents is 1. The molecule has 0 fully saturated rings. The first-order chi connectivity index (χ1) is 20.1. The van der Waals surface area contributed by atoms with Crippen molar-refractivity contribution < 1.29 is 18.1 Å². The number of amides is 1. The number of non-ortho nitro benzene ring substituents is 1. The number of carbonyl (C=O) groups is 1. The molecule has 2 heterocycles. The first-order valence-electron chi connectivity index (χ1n) is 13.3. The molecule has 42 heavy (non-hydrogen) atoms. The number of aliphatic imine (C=N–C) groups is 1. The Morgan fingerprint density at radius 1 is 1.12 bits per heavy atom. The van der Waals surface area contributed by atoms with Crippen LogP contribution in [-0.4, -0.2) is 67.3 Å². The lowest BCUT2D eigenvalue weighted by Crippen LogP contribution is -2.36. The number of hydrazone groups is 1. The molecule has 11 nitrogen and oxygen atoms in total. The van der Waals surface area contributed by atoms with Gasteiger partial charge in [0.2, 0.25) is 10.0 Å². The van der Waals surface area contributed by atoms with Gasteiger partial charge in [-0.1, -0.05) is 30.0 Å². The predicted octanol–water partition coefficient (Wildman–Crippen LogP) is 4.91. The van der Waals surface area contributed by atoms with Gasteiger partial charge in [0.25, 0.3) is 5.69 Å². The van der Waals surface area contributed by atoms with Crippen LogP contribution in [0.1, 0.15) is 28.7 Å². The number of hydrogen-bond acceptors (Lipinski definition) is 8. The third kappa shape index (κ3) is 6.97. The zero-order chi connectivity index (χ0) is 29.9. The molecule has 0 radical (unpaired) electrons. The normalized spacial score (nSPS) is 15.7. The quantitative estimate of drug-likeness (QED) is 0.166. The highest BCUT2D eigenvalue weighted by atomic mass is 32.2. The van der Waals surface area contributed by atoms with Gasteiger partial charge in [-0.3, -0.25) is 24.6 Å². The number of sulfonamides is 1. The second-order valence-electron chi connectivity index (χ2n) is 10.1. The van der Waals surface area contributed by atoms with E-state index in [1.165, 1.54) is 28.9 Å². The lowest BCUT2D eigenvalue weighted by molar-refractivity contribution is -0.384. The van der Waals surface area contributed by atoms with Crippen LogP contribution >= 0.6 is 11.8 Å².